The third-order valence-corrected chi connectivity index (χ3v) is 13.2. The van der Waals surface area contributed by atoms with Gasteiger partial charge in [0, 0.05) is 7.05 Å². The number of rotatable bonds is 13. The number of ketones is 1. The number of likely N-dealkylation sites (tertiary alicyclic amines) is 1. The van der Waals surface area contributed by atoms with Crippen LogP contribution in [0, 0.1) is 0 Å². The first-order chi connectivity index (χ1) is 15.9. The van der Waals surface area contributed by atoms with E-state index in [0.717, 1.165) is 25.7 Å². The Bertz CT molecular complexity index is 785. The first-order valence-electron chi connectivity index (χ1n) is 12.8. The number of Topliss-reactive ketones (excluding diaryl/α,β-unsaturated/α-hetero) is 1. The number of allylic oxidation sites excluding steroid dienone is 6. The lowest BCUT2D eigenvalue weighted by molar-refractivity contribution is -0.127. The molecule has 1 heterocycles. The van der Waals surface area contributed by atoms with Gasteiger partial charge < -0.3 is 14.4 Å². The molecule has 1 rings (SSSR count). The molecule has 0 unspecified atom stereocenters. The molecule has 0 aromatic rings. The Kier molecular flexibility index (Phi) is 12.3. The molecule has 0 bridgehead atoms. The van der Waals surface area contributed by atoms with Gasteiger partial charge in [-0.25, -0.2) is 0 Å². The number of hydrogen-bond acceptors (Lipinski definition) is 4. The minimum absolute atomic E-state index is 0.126. The summed E-state index contributed by atoms with van der Waals surface area (Å²) in [5.74, 6) is -1.03. The summed E-state index contributed by atoms with van der Waals surface area (Å²) < 4.78 is 6.78. The Balaban J connectivity index is 2.95. The topological polar surface area (TPSA) is 66.8 Å². The highest BCUT2D eigenvalue weighted by Crippen LogP contribution is 2.44. The highest BCUT2D eigenvalue weighted by molar-refractivity contribution is 6.77. The Morgan fingerprint density at radius 3 is 2.00 bits per heavy atom. The highest BCUT2D eigenvalue weighted by Gasteiger charge is 2.51. The standard InChI is InChI=1S/C28H47NO4Si/c1-10-11-12-13-14-15-16-17-18-19-24(30)25-27(31)26(29(9)28(25)32)23(8)33-34(20(2)3,21(4)5)22(6)7/h10-13,18-23,26,30H,14-17H2,1-9H3/b11-10+,13-12+,19-18+,25-24+/t23-,26+/m1/s1. The molecule has 1 fully saturated rings. The van der Waals surface area contributed by atoms with Crippen LogP contribution in [0.15, 0.2) is 47.8 Å². The fourth-order valence-electron chi connectivity index (χ4n) is 5.38. The van der Waals surface area contributed by atoms with E-state index in [1.165, 1.54) is 11.0 Å². The zero-order valence-electron chi connectivity index (χ0n) is 22.8. The van der Waals surface area contributed by atoms with E-state index in [-0.39, 0.29) is 17.1 Å². The highest BCUT2D eigenvalue weighted by atomic mass is 28.4. The Hall–Kier alpha value is -1.92. The molecule has 1 amide bonds. The molecule has 0 radical (unpaired) electrons. The maximum Gasteiger partial charge on any atom is 0.261 e. The van der Waals surface area contributed by atoms with Gasteiger partial charge in [-0.05, 0) is 62.2 Å². The van der Waals surface area contributed by atoms with E-state index in [9.17, 15) is 14.7 Å². The van der Waals surface area contributed by atoms with E-state index in [2.05, 4.69) is 47.6 Å². The van der Waals surface area contributed by atoms with Crippen molar-refractivity contribution in [2.75, 3.05) is 7.05 Å². The average Bonchev–Trinajstić information content (AvgIpc) is 2.97. The zero-order chi connectivity index (χ0) is 26.1. The number of likely N-dealkylation sites (N-methyl/N-ethyl adjacent to an activating group) is 1. The molecule has 0 aromatic heterocycles. The molecule has 0 spiro atoms. The summed E-state index contributed by atoms with van der Waals surface area (Å²) >= 11 is 0. The summed E-state index contributed by atoms with van der Waals surface area (Å²) in [6.45, 7) is 17.1. The molecule has 1 N–H and O–H groups in total. The molecule has 0 aliphatic carbocycles. The quantitative estimate of drug-likeness (QED) is 0.0752. The van der Waals surface area contributed by atoms with Gasteiger partial charge in [0.25, 0.3) is 5.91 Å². The first-order valence-corrected chi connectivity index (χ1v) is 14.9. The molecule has 0 saturated carbocycles. The van der Waals surface area contributed by atoms with Crippen LogP contribution in [0.2, 0.25) is 16.6 Å². The van der Waals surface area contributed by atoms with Gasteiger partial charge in [0.15, 0.2) is 5.78 Å². The van der Waals surface area contributed by atoms with Crippen LogP contribution in [0.25, 0.3) is 0 Å². The van der Waals surface area contributed by atoms with Gasteiger partial charge in [-0.2, -0.15) is 0 Å². The van der Waals surface area contributed by atoms with E-state index in [1.807, 2.05) is 38.2 Å². The Morgan fingerprint density at radius 1 is 0.971 bits per heavy atom. The van der Waals surface area contributed by atoms with E-state index >= 15 is 0 Å². The fraction of sp³-hybridized carbons (Fsp3) is 0.643. The number of amides is 1. The van der Waals surface area contributed by atoms with E-state index < -0.39 is 26.4 Å². The van der Waals surface area contributed by atoms with Gasteiger partial charge >= 0.3 is 0 Å². The minimum Gasteiger partial charge on any atom is -0.507 e. The van der Waals surface area contributed by atoms with E-state index in [1.54, 1.807) is 7.05 Å². The SMILES string of the molecule is C/C=C/C=C/CCCC/C=C/C(O)=C1/C(=O)[C@H]([C@@H](C)O[Si](C(C)C)(C(C)C)C(C)C)N(C)C1=O. The second-order valence-electron chi connectivity index (χ2n) is 10.3. The van der Waals surface area contributed by atoms with Crippen LogP contribution in [-0.2, 0) is 14.0 Å². The summed E-state index contributed by atoms with van der Waals surface area (Å²) in [6, 6.07) is -0.717. The normalized spacial score (nSPS) is 20.5. The maximum atomic E-state index is 13.3. The molecule has 6 heteroatoms. The van der Waals surface area contributed by atoms with Crippen molar-refractivity contribution in [2.45, 2.75) is 110 Å². The molecule has 34 heavy (non-hydrogen) atoms. The van der Waals surface area contributed by atoms with Crippen LogP contribution >= 0.6 is 0 Å². The number of hydrogen-bond donors (Lipinski definition) is 1. The summed E-state index contributed by atoms with van der Waals surface area (Å²) in [7, 11) is -0.600. The van der Waals surface area contributed by atoms with Gasteiger partial charge in [-0.3, -0.25) is 9.59 Å². The van der Waals surface area contributed by atoms with E-state index in [0.29, 0.717) is 16.6 Å². The summed E-state index contributed by atoms with van der Waals surface area (Å²) in [6.07, 6.45) is 14.9. The number of unbranched alkanes of at least 4 members (excludes halogenated alkanes) is 3. The van der Waals surface area contributed by atoms with Crippen LogP contribution < -0.4 is 0 Å². The fourth-order valence-corrected chi connectivity index (χ4v) is 11.0. The van der Waals surface area contributed by atoms with Gasteiger partial charge in [-0.1, -0.05) is 71.9 Å². The Labute approximate surface area is 208 Å². The predicted octanol–water partition coefficient (Wildman–Crippen LogP) is 7.04. The third kappa shape index (κ3) is 7.05. The molecular formula is C28H47NO4Si. The lowest BCUT2D eigenvalue weighted by Gasteiger charge is -2.45. The minimum atomic E-state index is -2.22. The van der Waals surface area contributed by atoms with Crippen molar-refractivity contribution in [3.63, 3.8) is 0 Å². The molecule has 2 atom stereocenters. The number of nitrogens with zero attached hydrogens (tertiary/aromatic N) is 1. The number of carbonyl (C=O) groups is 2. The lowest BCUT2D eigenvalue weighted by atomic mass is 10.0. The Morgan fingerprint density at radius 2 is 1.50 bits per heavy atom. The molecule has 192 valence electrons. The smallest absolute Gasteiger partial charge is 0.261 e. The number of carbonyl (C=O) groups excluding carboxylic acids is 2. The predicted molar refractivity (Wildman–Crippen MR) is 144 cm³/mol. The third-order valence-electron chi connectivity index (χ3n) is 6.97. The van der Waals surface area contributed by atoms with Crippen molar-refractivity contribution in [2.24, 2.45) is 0 Å². The van der Waals surface area contributed by atoms with Gasteiger partial charge in [-0.15, -0.1) is 0 Å². The largest absolute Gasteiger partial charge is 0.507 e. The molecule has 1 aliphatic heterocycles. The summed E-state index contributed by atoms with van der Waals surface area (Å²) in [5, 5.41) is 10.6. The van der Waals surface area contributed by atoms with Gasteiger partial charge in [0.2, 0.25) is 8.32 Å². The van der Waals surface area contributed by atoms with Crippen molar-refractivity contribution < 1.29 is 19.1 Å². The second kappa shape index (κ2) is 13.8. The maximum absolute atomic E-state index is 13.3. The lowest BCUT2D eigenvalue weighted by Crippen LogP contribution is -2.54. The van der Waals surface area contributed by atoms with Gasteiger partial charge in [0.1, 0.15) is 17.4 Å². The van der Waals surface area contributed by atoms with Crippen LogP contribution in [0.3, 0.4) is 0 Å². The summed E-state index contributed by atoms with van der Waals surface area (Å²) in [5.41, 5.74) is 0.992. The molecule has 5 nitrogen and oxygen atoms in total. The molecular weight excluding hydrogens is 442 g/mol. The molecule has 0 aromatic carbocycles. The van der Waals surface area contributed by atoms with Crippen molar-refractivity contribution in [1.82, 2.24) is 4.90 Å². The van der Waals surface area contributed by atoms with Crippen molar-refractivity contribution in [3.05, 3.63) is 47.8 Å². The van der Waals surface area contributed by atoms with Crippen LogP contribution in [0.5, 0.6) is 0 Å². The zero-order valence-corrected chi connectivity index (χ0v) is 23.8. The molecule has 1 aliphatic rings. The number of aliphatic hydroxyl groups excluding tert-OH is 1. The molecule has 1 saturated heterocycles. The summed E-state index contributed by atoms with van der Waals surface area (Å²) in [4.78, 5) is 27.6. The van der Waals surface area contributed by atoms with Gasteiger partial charge in [0.05, 0.1) is 6.10 Å². The first kappa shape index (κ1) is 30.1. The second-order valence-corrected chi connectivity index (χ2v) is 15.7. The number of aliphatic hydroxyl groups is 1. The van der Waals surface area contributed by atoms with Crippen molar-refractivity contribution in [1.29, 1.82) is 0 Å². The average molecular weight is 490 g/mol. The van der Waals surface area contributed by atoms with Crippen molar-refractivity contribution >= 4 is 20.0 Å². The van der Waals surface area contributed by atoms with Crippen LogP contribution in [0.1, 0.15) is 81.1 Å². The van der Waals surface area contributed by atoms with Crippen LogP contribution in [0.4, 0.5) is 0 Å². The monoisotopic (exact) mass is 489 g/mol. The van der Waals surface area contributed by atoms with E-state index in [4.69, 9.17) is 4.43 Å². The van der Waals surface area contributed by atoms with Crippen molar-refractivity contribution in [3.8, 4) is 0 Å². The van der Waals surface area contributed by atoms with Crippen LogP contribution in [-0.4, -0.2) is 49.2 Å².